The number of rotatable bonds is 2. The minimum absolute atomic E-state index is 0.789. The zero-order valence-corrected chi connectivity index (χ0v) is 9.41. The Balaban J connectivity index is 2.73. The number of methoxy groups -OCH3 is 1. The van der Waals surface area contributed by atoms with Gasteiger partial charge in [0.05, 0.1) is 12.6 Å². The predicted molar refractivity (Wildman–Crippen MR) is 60.9 cm³/mol. The molecule has 14 heavy (non-hydrogen) atoms. The van der Waals surface area contributed by atoms with E-state index in [1.165, 1.54) is 0 Å². The van der Waals surface area contributed by atoms with Crippen molar-refractivity contribution in [1.82, 2.24) is 4.98 Å². The highest BCUT2D eigenvalue weighted by atomic mass is 79.9. The zero-order valence-electron chi connectivity index (χ0n) is 7.83. The first-order valence-corrected chi connectivity index (χ1v) is 5.45. The molecule has 0 radical (unpaired) electrons. The summed E-state index contributed by atoms with van der Waals surface area (Å²) in [4.78, 5) is 4.34. The highest BCUT2D eigenvalue weighted by Gasteiger charge is 2.03. The van der Waals surface area contributed by atoms with Crippen LogP contribution in [0.4, 0.5) is 0 Å². The van der Waals surface area contributed by atoms with Crippen LogP contribution in [0.1, 0.15) is 5.56 Å². The SMILES string of the molecule is COc1cc(CBr)c2ncccc2c1. The molecule has 0 N–H and O–H groups in total. The summed E-state index contributed by atoms with van der Waals surface area (Å²) in [6.07, 6.45) is 1.81. The maximum Gasteiger partial charge on any atom is 0.119 e. The number of fused-ring (bicyclic) bond motifs is 1. The molecule has 0 amide bonds. The van der Waals surface area contributed by atoms with Gasteiger partial charge < -0.3 is 4.74 Å². The average molecular weight is 252 g/mol. The highest BCUT2D eigenvalue weighted by Crippen LogP contribution is 2.24. The molecule has 2 aromatic rings. The molecule has 0 spiro atoms. The van der Waals surface area contributed by atoms with E-state index < -0.39 is 0 Å². The Labute approximate surface area is 91.0 Å². The maximum atomic E-state index is 5.22. The quantitative estimate of drug-likeness (QED) is 0.766. The van der Waals surface area contributed by atoms with E-state index in [9.17, 15) is 0 Å². The number of aromatic nitrogens is 1. The van der Waals surface area contributed by atoms with Crippen LogP contribution in [0, 0.1) is 0 Å². The number of nitrogens with zero attached hydrogens (tertiary/aromatic N) is 1. The number of ether oxygens (including phenoxy) is 1. The number of halogens is 1. The lowest BCUT2D eigenvalue weighted by Gasteiger charge is -2.06. The molecular formula is C11H10BrNO. The zero-order chi connectivity index (χ0) is 9.97. The lowest BCUT2D eigenvalue weighted by molar-refractivity contribution is 0.415. The molecule has 2 nitrogen and oxygen atoms in total. The Morgan fingerprint density at radius 3 is 3.00 bits per heavy atom. The Hall–Kier alpha value is -1.09. The molecule has 0 aliphatic carbocycles. The molecule has 0 atom stereocenters. The summed E-state index contributed by atoms with van der Waals surface area (Å²) in [5.74, 6) is 0.875. The van der Waals surface area contributed by atoms with Gasteiger partial charge in [0.2, 0.25) is 0 Å². The van der Waals surface area contributed by atoms with Crippen molar-refractivity contribution in [2.75, 3.05) is 7.11 Å². The van der Waals surface area contributed by atoms with Crippen molar-refractivity contribution in [2.24, 2.45) is 0 Å². The molecule has 0 aliphatic heterocycles. The van der Waals surface area contributed by atoms with Crippen LogP contribution >= 0.6 is 15.9 Å². The monoisotopic (exact) mass is 251 g/mol. The van der Waals surface area contributed by atoms with Crippen molar-refractivity contribution in [3.8, 4) is 5.75 Å². The van der Waals surface area contributed by atoms with E-state index in [-0.39, 0.29) is 0 Å². The van der Waals surface area contributed by atoms with Gasteiger partial charge >= 0.3 is 0 Å². The van der Waals surface area contributed by atoms with Crippen LogP contribution in [0.25, 0.3) is 10.9 Å². The van der Waals surface area contributed by atoms with E-state index in [0.29, 0.717) is 0 Å². The van der Waals surface area contributed by atoms with Crippen LogP contribution in [0.5, 0.6) is 5.75 Å². The molecular weight excluding hydrogens is 242 g/mol. The number of hydrogen-bond acceptors (Lipinski definition) is 2. The van der Waals surface area contributed by atoms with Gasteiger partial charge in [-0.25, -0.2) is 0 Å². The molecule has 1 aromatic heterocycles. The molecule has 0 saturated carbocycles. The summed E-state index contributed by atoms with van der Waals surface area (Å²) in [6, 6.07) is 7.97. The molecule has 1 heterocycles. The van der Waals surface area contributed by atoms with Gasteiger partial charge in [-0.2, -0.15) is 0 Å². The minimum Gasteiger partial charge on any atom is -0.497 e. The third-order valence-corrected chi connectivity index (χ3v) is 2.74. The van der Waals surface area contributed by atoms with Crippen molar-refractivity contribution >= 4 is 26.8 Å². The van der Waals surface area contributed by atoms with Gasteiger partial charge in [0.25, 0.3) is 0 Å². The molecule has 3 heteroatoms. The second-order valence-electron chi connectivity index (χ2n) is 3.00. The van der Waals surface area contributed by atoms with Crippen molar-refractivity contribution in [2.45, 2.75) is 5.33 Å². The molecule has 0 saturated heterocycles. The lowest BCUT2D eigenvalue weighted by Crippen LogP contribution is -1.89. The van der Waals surface area contributed by atoms with Gasteiger partial charge in [-0.05, 0) is 23.8 Å². The van der Waals surface area contributed by atoms with Crippen LogP contribution in [0.2, 0.25) is 0 Å². The molecule has 2 rings (SSSR count). The van der Waals surface area contributed by atoms with Gasteiger partial charge in [0.1, 0.15) is 5.75 Å². The maximum absolute atomic E-state index is 5.22. The third-order valence-electron chi connectivity index (χ3n) is 2.14. The van der Waals surface area contributed by atoms with E-state index in [4.69, 9.17) is 4.74 Å². The predicted octanol–water partition coefficient (Wildman–Crippen LogP) is 3.14. The summed E-state index contributed by atoms with van der Waals surface area (Å²) in [5.41, 5.74) is 2.19. The van der Waals surface area contributed by atoms with E-state index in [2.05, 4.69) is 20.9 Å². The van der Waals surface area contributed by atoms with E-state index in [1.807, 2.05) is 24.3 Å². The molecule has 0 aliphatic rings. The lowest BCUT2D eigenvalue weighted by atomic mass is 10.1. The smallest absolute Gasteiger partial charge is 0.119 e. The van der Waals surface area contributed by atoms with Crippen LogP contribution in [0.3, 0.4) is 0 Å². The summed E-state index contributed by atoms with van der Waals surface area (Å²) < 4.78 is 5.22. The summed E-state index contributed by atoms with van der Waals surface area (Å²) in [6.45, 7) is 0. The van der Waals surface area contributed by atoms with Gasteiger partial charge in [0, 0.05) is 16.9 Å². The number of hydrogen-bond donors (Lipinski definition) is 0. The highest BCUT2D eigenvalue weighted by molar-refractivity contribution is 9.08. The second-order valence-corrected chi connectivity index (χ2v) is 3.56. The van der Waals surface area contributed by atoms with Crippen molar-refractivity contribution in [1.29, 1.82) is 0 Å². The Kier molecular flexibility index (Phi) is 2.68. The average Bonchev–Trinajstić information content (AvgIpc) is 2.27. The molecule has 0 unspecified atom stereocenters. The van der Waals surface area contributed by atoms with Crippen LogP contribution in [-0.2, 0) is 5.33 Å². The van der Waals surface area contributed by atoms with Gasteiger partial charge in [-0.1, -0.05) is 22.0 Å². The fraction of sp³-hybridized carbons (Fsp3) is 0.182. The molecule has 72 valence electrons. The van der Waals surface area contributed by atoms with Gasteiger partial charge in [-0.3, -0.25) is 4.98 Å². The minimum atomic E-state index is 0.789. The topological polar surface area (TPSA) is 22.1 Å². The number of benzene rings is 1. The fourth-order valence-corrected chi connectivity index (χ4v) is 1.88. The first-order valence-electron chi connectivity index (χ1n) is 4.33. The Bertz CT molecular complexity index is 456. The third kappa shape index (κ3) is 1.60. The van der Waals surface area contributed by atoms with Crippen molar-refractivity contribution in [3.05, 3.63) is 36.0 Å². The Morgan fingerprint density at radius 1 is 1.43 bits per heavy atom. The first-order chi connectivity index (χ1) is 6.85. The van der Waals surface area contributed by atoms with E-state index in [0.717, 1.165) is 27.5 Å². The summed E-state index contributed by atoms with van der Waals surface area (Å²) >= 11 is 3.45. The van der Waals surface area contributed by atoms with Crippen LogP contribution in [0.15, 0.2) is 30.5 Å². The van der Waals surface area contributed by atoms with E-state index >= 15 is 0 Å². The number of pyridine rings is 1. The molecule has 1 aromatic carbocycles. The normalized spacial score (nSPS) is 10.4. The van der Waals surface area contributed by atoms with Crippen LogP contribution < -0.4 is 4.74 Å². The standard InChI is InChI=1S/C11H10BrNO/c1-14-10-5-8-3-2-4-13-11(8)9(6-10)7-12/h2-6H,7H2,1H3. The van der Waals surface area contributed by atoms with Crippen LogP contribution in [-0.4, -0.2) is 12.1 Å². The van der Waals surface area contributed by atoms with Crippen molar-refractivity contribution in [3.63, 3.8) is 0 Å². The fourth-order valence-electron chi connectivity index (χ4n) is 1.46. The largest absolute Gasteiger partial charge is 0.497 e. The summed E-state index contributed by atoms with van der Waals surface area (Å²) in [5, 5.41) is 1.90. The van der Waals surface area contributed by atoms with Gasteiger partial charge in [0.15, 0.2) is 0 Å². The molecule has 0 fully saturated rings. The van der Waals surface area contributed by atoms with Gasteiger partial charge in [-0.15, -0.1) is 0 Å². The van der Waals surface area contributed by atoms with Crippen molar-refractivity contribution < 1.29 is 4.74 Å². The molecule has 0 bridgehead atoms. The summed E-state index contributed by atoms with van der Waals surface area (Å²) in [7, 11) is 1.68. The number of alkyl halides is 1. The van der Waals surface area contributed by atoms with E-state index in [1.54, 1.807) is 13.3 Å². The first kappa shape index (κ1) is 9.46. The second kappa shape index (κ2) is 3.96. The Morgan fingerprint density at radius 2 is 2.29 bits per heavy atom.